The van der Waals surface area contributed by atoms with Gasteiger partial charge in [0.25, 0.3) is 0 Å². The summed E-state index contributed by atoms with van der Waals surface area (Å²) >= 11 is 0. The Kier molecular flexibility index (Phi) is 2.64. The van der Waals surface area contributed by atoms with Gasteiger partial charge in [-0.25, -0.2) is 0 Å². The van der Waals surface area contributed by atoms with Gasteiger partial charge in [-0.1, -0.05) is 24.6 Å². The van der Waals surface area contributed by atoms with Crippen LogP contribution in [-0.2, 0) is 4.79 Å². The first-order valence-electron chi connectivity index (χ1n) is 4.15. The summed E-state index contributed by atoms with van der Waals surface area (Å²) in [4.78, 5) is 11.3. The Bertz CT molecular complexity index is 221. The van der Waals surface area contributed by atoms with E-state index in [-0.39, 0.29) is 5.78 Å². The van der Waals surface area contributed by atoms with Crippen molar-refractivity contribution in [2.24, 2.45) is 0 Å². The van der Waals surface area contributed by atoms with E-state index in [1.807, 2.05) is 19.9 Å². The molecule has 1 aliphatic rings. The van der Waals surface area contributed by atoms with Gasteiger partial charge in [-0.15, -0.1) is 0 Å². The molecule has 0 fully saturated rings. The van der Waals surface area contributed by atoms with E-state index in [0.717, 1.165) is 18.4 Å². The second-order valence-corrected chi connectivity index (χ2v) is 2.91. The van der Waals surface area contributed by atoms with Crippen LogP contribution in [-0.4, -0.2) is 5.78 Å². The van der Waals surface area contributed by atoms with E-state index in [0.29, 0.717) is 6.42 Å². The summed E-state index contributed by atoms with van der Waals surface area (Å²) < 4.78 is 0. The molecule has 0 bridgehead atoms. The van der Waals surface area contributed by atoms with E-state index in [4.69, 9.17) is 0 Å². The normalized spacial score (nSPS) is 17.3. The Hall–Kier alpha value is -0.850. The molecule has 60 valence electrons. The lowest BCUT2D eigenvalue weighted by atomic mass is 9.95. The molecule has 0 saturated carbocycles. The van der Waals surface area contributed by atoms with Gasteiger partial charge < -0.3 is 0 Å². The van der Waals surface area contributed by atoms with Gasteiger partial charge in [-0.2, -0.15) is 0 Å². The maximum Gasteiger partial charge on any atom is 0.162 e. The predicted octanol–water partition coefficient (Wildman–Crippen LogP) is 2.63. The van der Waals surface area contributed by atoms with Crippen molar-refractivity contribution in [3.63, 3.8) is 0 Å². The fourth-order valence-corrected chi connectivity index (χ4v) is 1.30. The highest BCUT2D eigenvalue weighted by Crippen LogP contribution is 2.19. The second kappa shape index (κ2) is 3.51. The molecule has 1 aliphatic carbocycles. The van der Waals surface area contributed by atoms with Crippen LogP contribution in [0.2, 0.25) is 0 Å². The summed E-state index contributed by atoms with van der Waals surface area (Å²) in [7, 11) is 0. The molecule has 1 heteroatoms. The van der Waals surface area contributed by atoms with Gasteiger partial charge in [0.1, 0.15) is 0 Å². The fraction of sp³-hybridized carbons (Fsp3) is 0.500. The van der Waals surface area contributed by atoms with Crippen molar-refractivity contribution in [3.05, 3.63) is 23.3 Å². The minimum Gasteiger partial charge on any atom is -0.294 e. The lowest BCUT2D eigenvalue weighted by Crippen LogP contribution is -2.03. The molecule has 0 N–H and O–H groups in total. The highest BCUT2D eigenvalue weighted by Gasteiger charge is 2.09. The number of Topliss-reactive ketones (excluding diaryl/α,β-unsaturated/α-hetero) is 1. The minimum atomic E-state index is 0.276. The summed E-state index contributed by atoms with van der Waals surface area (Å²) in [5, 5.41) is 0. The third-order valence-corrected chi connectivity index (χ3v) is 2.05. The van der Waals surface area contributed by atoms with E-state index in [9.17, 15) is 4.79 Å². The maximum atomic E-state index is 11.3. The number of carbonyl (C=O) groups is 1. The third kappa shape index (κ3) is 1.79. The summed E-state index contributed by atoms with van der Waals surface area (Å²) in [6.07, 6.45) is 6.81. The number of rotatable bonds is 2. The summed E-state index contributed by atoms with van der Waals surface area (Å²) in [5.41, 5.74) is 2.19. The van der Waals surface area contributed by atoms with Crippen molar-refractivity contribution >= 4 is 5.78 Å². The topological polar surface area (TPSA) is 17.1 Å². The number of carbonyl (C=O) groups excluding carboxylic acids is 1. The van der Waals surface area contributed by atoms with E-state index in [1.165, 1.54) is 5.57 Å². The Labute approximate surface area is 67.8 Å². The van der Waals surface area contributed by atoms with Crippen LogP contribution < -0.4 is 0 Å². The Morgan fingerprint density at radius 2 is 2.36 bits per heavy atom. The number of hydrogen-bond acceptors (Lipinski definition) is 1. The van der Waals surface area contributed by atoms with Crippen LogP contribution in [0.25, 0.3) is 0 Å². The highest BCUT2D eigenvalue weighted by molar-refractivity contribution is 5.98. The van der Waals surface area contributed by atoms with E-state index in [2.05, 4.69) is 6.08 Å². The van der Waals surface area contributed by atoms with Gasteiger partial charge in [-0.3, -0.25) is 4.79 Å². The van der Waals surface area contributed by atoms with E-state index in [1.54, 1.807) is 0 Å². The SMILES string of the molecule is CCC(=O)C1=C(C)CCC=C1. The minimum absolute atomic E-state index is 0.276. The quantitative estimate of drug-likeness (QED) is 0.591. The molecule has 0 saturated heterocycles. The first-order chi connectivity index (χ1) is 5.25. The van der Waals surface area contributed by atoms with Crippen LogP contribution in [0.1, 0.15) is 33.1 Å². The molecule has 0 aromatic rings. The summed E-state index contributed by atoms with van der Waals surface area (Å²) in [5.74, 6) is 0.276. The van der Waals surface area contributed by atoms with Crippen LogP contribution >= 0.6 is 0 Å². The van der Waals surface area contributed by atoms with Gasteiger partial charge in [0.2, 0.25) is 0 Å². The van der Waals surface area contributed by atoms with Crippen LogP contribution in [0.15, 0.2) is 23.3 Å². The molecule has 0 amide bonds. The van der Waals surface area contributed by atoms with Crippen LogP contribution in [0.3, 0.4) is 0 Å². The largest absolute Gasteiger partial charge is 0.294 e. The molecule has 0 aromatic heterocycles. The Morgan fingerprint density at radius 3 is 2.91 bits per heavy atom. The van der Waals surface area contributed by atoms with Crippen molar-refractivity contribution in [2.45, 2.75) is 33.1 Å². The summed E-state index contributed by atoms with van der Waals surface area (Å²) in [6, 6.07) is 0. The average molecular weight is 150 g/mol. The maximum absolute atomic E-state index is 11.3. The molecule has 0 atom stereocenters. The van der Waals surface area contributed by atoms with Gasteiger partial charge in [0.15, 0.2) is 5.78 Å². The molecule has 11 heavy (non-hydrogen) atoms. The Balaban J connectivity index is 2.83. The molecule has 1 nitrogen and oxygen atoms in total. The van der Waals surface area contributed by atoms with Crippen molar-refractivity contribution in [2.75, 3.05) is 0 Å². The van der Waals surface area contributed by atoms with Gasteiger partial charge >= 0.3 is 0 Å². The second-order valence-electron chi connectivity index (χ2n) is 2.91. The monoisotopic (exact) mass is 150 g/mol. The number of ketones is 1. The molecule has 0 aromatic carbocycles. The van der Waals surface area contributed by atoms with Gasteiger partial charge in [-0.05, 0) is 19.8 Å². The van der Waals surface area contributed by atoms with Crippen LogP contribution in [0, 0.1) is 0 Å². The zero-order valence-corrected chi connectivity index (χ0v) is 7.18. The van der Waals surface area contributed by atoms with Gasteiger partial charge in [0, 0.05) is 12.0 Å². The van der Waals surface area contributed by atoms with Gasteiger partial charge in [0.05, 0.1) is 0 Å². The van der Waals surface area contributed by atoms with Crippen molar-refractivity contribution in [1.82, 2.24) is 0 Å². The molecular weight excluding hydrogens is 136 g/mol. The first-order valence-corrected chi connectivity index (χ1v) is 4.15. The molecule has 0 heterocycles. The van der Waals surface area contributed by atoms with Crippen molar-refractivity contribution < 1.29 is 4.79 Å². The van der Waals surface area contributed by atoms with Crippen LogP contribution in [0.4, 0.5) is 0 Å². The standard InChI is InChI=1S/C10H14O/c1-3-10(11)9-7-5-4-6-8(9)2/h5,7H,3-4,6H2,1-2H3. The lowest BCUT2D eigenvalue weighted by molar-refractivity contribution is -0.115. The van der Waals surface area contributed by atoms with Crippen molar-refractivity contribution in [1.29, 1.82) is 0 Å². The molecule has 1 rings (SSSR count). The lowest BCUT2D eigenvalue weighted by Gasteiger charge is -2.09. The zero-order chi connectivity index (χ0) is 8.27. The van der Waals surface area contributed by atoms with Crippen molar-refractivity contribution in [3.8, 4) is 0 Å². The molecule has 0 unspecified atom stereocenters. The van der Waals surface area contributed by atoms with Crippen LogP contribution in [0.5, 0.6) is 0 Å². The summed E-state index contributed by atoms with van der Waals surface area (Å²) in [6.45, 7) is 3.96. The third-order valence-electron chi connectivity index (χ3n) is 2.05. The molecule has 0 aliphatic heterocycles. The first kappa shape index (κ1) is 8.25. The molecular formula is C10H14O. The Morgan fingerprint density at radius 1 is 1.64 bits per heavy atom. The zero-order valence-electron chi connectivity index (χ0n) is 7.18. The van der Waals surface area contributed by atoms with E-state index >= 15 is 0 Å². The smallest absolute Gasteiger partial charge is 0.162 e. The number of hydrogen-bond donors (Lipinski definition) is 0. The molecule has 0 spiro atoms. The fourth-order valence-electron chi connectivity index (χ4n) is 1.30. The average Bonchev–Trinajstić information content (AvgIpc) is 2.04. The number of allylic oxidation sites excluding steroid dienone is 4. The molecule has 0 radical (unpaired) electrons. The van der Waals surface area contributed by atoms with E-state index < -0.39 is 0 Å². The predicted molar refractivity (Wildman–Crippen MR) is 46.4 cm³/mol. The highest BCUT2D eigenvalue weighted by atomic mass is 16.1.